The third-order valence-electron chi connectivity index (χ3n) is 3.58. The average Bonchev–Trinajstić information content (AvgIpc) is 3.01. The van der Waals surface area contributed by atoms with Gasteiger partial charge >= 0.3 is 12.0 Å². The first-order valence-electron chi connectivity index (χ1n) is 7.22. The molecule has 1 aliphatic heterocycles. The molecule has 0 saturated carbocycles. The van der Waals surface area contributed by atoms with Crippen LogP contribution in [0.2, 0.25) is 0 Å². The molecule has 0 radical (unpaired) electrons. The number of rotatable bonds is 6. The number of likely N-dealkylation sites (tertiary alicyclic amines) is 1. The molecule has 126 valence electrons. The molecule has 1 aromatic rings. The van der Waals surface area contributed by atoms with Gasteiger partial charge in [0.15, 0.2) is 0 Å². The number of hydrogen-bond acceptors (Lipinski definition) is 4. The Morgan fingerprint density at radius 3 is 2.91 bits per heavy atom. The molecule has 7 nitrogen and oxygen atoms in total. The number of methoxy groups -OCH3 is 1. The van der Waals surface area contributed by atoms with Crippen LogP contribution in [0, 0.1) is 5.82 Å². The molecular weight excluding hydrogens is 307 g/mol. The Morgan fingerprint density at radius 1 is 1.48 bits per heavy atom. The summed E-state index contributed by atoms with van der Waals surface area (Å²) in [4.78, 5) is 24.4. The highest BCUT2D eigenvalue weighted by molar-refractivity contribution is 5.88. The summed E-state index contributed by atoms with van der Waals surface area (Å²) in [6.45, 7) is 1.61. The second-order valence-corrected chi connectivity index (χ2v) is 5.12. The quantitative estimate of drug-likeness (QED) is 0.770. The van der Waals surface area contributed by atoms with Gasteiger partial charge < -0.3 is 24.8 Å². The van der Waals surface area contributed by atoms with Gasteiger partial charge in [0, 0.05) is 20.2 Å². The molecule has 1 fully saturated rings. The Balaban J connectivity index is 1.74. The summed E-state index contributed by atoms with van der Waals surface area (Å²) in [6.07, 6.45) is 0.888. The molecule has 1 aliphatic rings. The molecule has 1 aromatic carbocycles. The minimum Gasteiger partial charge on any atom is -0.492 e. The molecule has 0 spiro atoms. The first kappa shape index (κ1) is 17.0. The first-order chi connectivity index (χ1) is 11.0. The van der Waals surface area contributed by atoms with Gasteiger partial charge in [-0.1, -0.05) is 0 Å². The van der Waals surface area contributed by atoms with Crippen LogP contribution in [0.3, 0.4) is 0 Å². The lowest BCUT2D eigenvalue weighted by atomic mass is 10.2. The van der Waals surface area contributed by atoms with Crippen LogP contribution in [-0.2, 0) is 4.74 Å². The van der Waals surface area contributed by atoms with E-state index in [2.05, 4.69) is 5.32 Å². The molecule has 2 amide bonds. The third-order valence-corrected chi connectivity index (χ3v) is 3.58. The van der Waals surface area contributed by atoms with E-state index >= 15 is 0 Å². The van der Waals surface area contributed by atoms with Gasteiger partial charge in [-0.3, -0.25) is 0 Å². The van der Waals surface area contributed by atoms with Gasteiger partial charge in [-0.2, -0.15) is 0 Å². The van der Waals surface area contributed by atoms with Crippen molar-refractivity contribution in [2.24, 2.45) is 0 Å². The lowest BCUT2D eigenvalue weighted by molar-refractivity contribution is 0.0691. The zero-order valence-corrected chi connectivity index (χ0v) is 12.8. The monoisotopic (exact) mass is 326 g/mol. The van der Waals surface area contributed by atoms with Gasteiger partial charge in [0.25, 0.3) is 0 Å². The predicted octanol–water partition coefficient (Wildman–Crippen LogP) is 1.33. The molecule has 0 aromatic heterocycles. The van der Waals surface area contributed by atoms with Crippen molar-refractivity contribution in [1.82, 2.24) is 10.2 Å². The molecule has 1 heterocycles. The summed E-state index contributed by atoms with van der Waals surface area (Å²) in [7, 11) is 1.62. The Morgan fingerprint density at radius 2 is 2.26 bits per heavy atom. The largest absolute Gasteiger partial charge is 0.492 e. The Bertz CT molecular complexity index is 581. The summed E-state index contributed by atoms with van der Waals surface area (Å²) in [6, 6.07) is 3.29. The lowest BCUT2D eigenvalue weighted by Gasteiger charge is -2.17. The van der Waals surface area contributed by atoms with Gasteiger partial charge in [-0.05, 0) is 24.6 Å². The highest BCUT2D eigenvalue weighted by Gasteiger charge is 2.25. The number of carbonyl (C=O) groups excluding carboxylic acids is 1. The average molecular weight is 326 g/mol. The van der Waals surface area contributed by atoms with Gasteiger partial charge in [-0.15, -0.1) is 0 Å². The number of nitrogens with one attached hydrogen (secondary N) is 1. The molecule has 0 bridgehead atoms. The van der Waals surface area contributed by atoms with Crippen molar-refractivity contribution in [3.63, 3.8) is 0 Å². The maximum atomic E-state index is 13.2. The van der Waals surface area contributed by atoms with Gasteiger partial charge in [0.2, 0.25) is 0 Å². The fourth-order valence-corrected chi connectivity index (χ4v) is 2.30. The van der Waals surface area contributed by atoms with Gasteiger partial charge in [0.05, 0.1) is 18.2 Å². The SMILES string of the molecule is CO[C@H]1CCN(C(=O)NCCOc2ccc(F)c(C(=O)O)c2)C1. The molecule has 8 heteroatoms. The summed E-state index contributed by atoms with van der Waals surface area (Å²) in [5.41, 5.74) is -0.450. The standard InChI is InChI=1S/C15H19FN2O5/c1-22-11-4-6-18(9-11)15(21)17-5-7-23-10-2-3-13(16)12(8-10)14(19)20/h2-3,8,11H,4-7,9H2,1H3,(H,17,21)(H,19,20)/t11-/m0/s1. The van der Waals surface area contributed by atoms with E-state index < -0.39 is 17.3 Å². The predicted molar refractivity (Wildman–Crippen MR) is 79.2 cm³/mol. The second kappa shape index (κ2) is 7.77. The van der Waals surface area contributed by atoms with E-state index in [1.165, 1.54) is 6.07 Å². The lowest BCUT2D eigenvalue weighted by Crippen LogP contribution is -2.40. The van der Waals surface area contributed by atoms with Crippen LogP contribution in [0.4, 0.5) is 9.18 Å². The summed E-state index contributed by atoms with van der Waals surface area (Å²) >= 11 is 0. The zero-order valence-electron chi connectivity index (χ0n) is 12.8. The number of benzene rings is 1. The second-order valence-electron chi connectivity index (χ2n) is 5.12. The van der Waals surface area contributed by atoms with E-state index in [1.807, 2.05) is 0 Å². The number of carboxylic acid groups (broad SMARTS) is 1. The van der Waals surface area contributed by atoms with Crippen molar-refractivity contribution < 1.29 is 28.6 Å². The van der Waals surface area contributed by atoms with Crippen LogP contribution in [0.25, 0.3) is 0 Å². The number of amides is 2. The van der Waals surface area contributed by atoms with Crippen molar-refractivity contribution in [2.75, 3.05) is 33.4 Å². The van der Waals surface area contributed by atoms with Crippen LogP contribution in [0.1, 0.15) is 16.8 Å². The van der Waals surface area contributed by atoms with Gasteiger partial charge in [-0.25, -0.2) is 14.0 Å². The minimum absolute atomic E-state index is 0.0747. The van der Waals surface area contributed by atoms with E-state index in [4.69, 9.17) is 14.6 Å². The van der Waals surface area contributed by atoms with E-state index in [0.717, 1.165) is 18.6 Å². The van der Waals surface area contributed by atoms with Crippen molar-refractivity contribution in [3.05, 3.63) is 29.6 Å². The topological polar surface area (TPSA) is 88.1 Å². The van der Waals surface area contributed by atoms with Crippen LogP contribution in [-0.4, -0.2) is 61.5 Å². The maximum Gasteiger partial charge on any atom is 0.338 e. The van der Waals surface area contributed by atoms with Crippen molar-refractivity contribution >= 4 is 12.0 Å². The third kappa shape index (κ3) is 4.56. The molecule has 1 saturated heterocycles. The van der Waals surface area contributed by atoms with E-state index in [0.29, 0.717) is 13.1 Å². The molecule has 23 heavy (non-hydrogen) atoms. The normalized spacial score (nSPS) is 17.1. The van der Waals surface area contributed by atoms with E-state index in [9.17, 15) is 14.0 Å². The Kier molecular flexibility index (Phi) is 5.75. The Labute approximate surface area is 133 Å². The van der Waals surface area contributed by atoms with Crippen LogP contribution in [0.15, 0.2) is 18.2 Å². The van der Waals surface area contributed by atoms with E-state index in [-0.39, 0.29) is 31.0 Å². The van der Waals surface area contributed by atoms with Gasteiger partial charge in [0.1, 0.15) is 18.2 Å². The summed E-state index contributed by atoms with van der Waals surface area (Å²) in [5.74, 6) is -1.94. The van der Waals surface area contributed by atoms with Crippen LogP contribution < -0.4 is 10.1 Å². The number of carbonyl (C=O) groups is 2. The molecule has 2 rings (SSSR count). The van der Waals surface area contributed by atoms with Crippen molar-refractivity contribution in [3.8, 4) is 5.75 Å². The number of ether oxygens (including phenoxy) is 2. The molecule has 1 atom stereocenters. The molecule has 2 N–H and O–H groups in total. The number of nitrogens with zero attached hydrogens (tertiary/aromatic N) is 1. The number of hydrogen-bond donors (Lipinski definition) is 2. The highest BCUT2D eigenvalue weighted by atomic mass is 19.1. The molecular formula is C15H19FN2O5. The van der Waals surface area contributed by atoms with Crippen LogP contribution >= 0.6 is 0 Å². The van der Waals surface area contributed by atoms with Crippen molar-refractivity contribution in [1.29, 1.82) is 0 Å². The summed E-state index contributed by atoms with van der Waals surface area (Å²) < 4.78 is 23.7. The number of urea groups is 1. The number of aromatic carboxylic acids is 1. The zero-order chi connectivity index (χ0) is 16.8. The summed E-state index contributed by atoms with van der Waals surface area (Å²) in [5, 5.41) is 11.5. The number of carboxylic acids is 1. The number of halogens is 1. The fraction of sp³-hybridized carbons (Fsp3) is 0.467. The molecule has 0 unspecified atom stereocenters. The Hall–Kier alpha value is -2.35. The maximum absolute atomic E-state index is 13.2. The fourth-order valence-electron chi connectivity index (χ4n) is 2.30. The highest BCUT2D eigenvalue weighted by Crippen LogP contribution is 2.17. The van der Waals surface area contributed by atoms with E-state index in [1.54, 1.807) is 12.0 Å². The van der Waals surface area contributed by atoms with Crippen LogP contribution in [0.5, 0.6) is 5.75 Å². The first-order valence-corrected chi connectivity index (χ1v) is 7.22. The minimum atomic E-state index is -1.36. The van der Waals surface area contributed by atoms with Crippen molar-refractivity contribution in [2.45, 2.75) is 12.5 Å². The molecule has 0 aliphatic carbocycles. The smallest absolute Gasteiger partial charge is 0.338 e.